The van der Waals surface area contributed by atoms with E-state index < -0.39 is 5.97 Å². The van der Waals surface area contributed by atoms with Gasteiger partial charge < -0.3 is 15.2 Å². The molecule has 0 saturated carbocycles. The summed E-state index contributed by atoms with van der Waals surface area (Å²) in [6.07, 6.45) is 0.527. The molecular formula is C23H22N2O3. The lowest BCUT2D eigenvalue weighted by atomic mass is 9.84. The van der Waals surface area contributed by atoms with Gasteiger partial charge in [0.05, 0.1) is 12.1 Å². The van der Waals surface area contributed by atoms with Crippen molar-refractivity contribution in [3.8, 4) is 5.75 Å². The molecule has 0 amide bonds. The van der Waals surface area contributed by atoms with Crippen LogP contribution in [0.15, 0.2) is 66.1 Å². The lowest BCUT2D eigenvalue weighted by molar-refractivity contribution is -0.139. The second kappa shape index (κ2) is 7.35. The highest BCUT2D eigenvalue weighted by molar-refractivity contribution is 5.91. The van der Waals surface area contributed by atoms with Crippen LogP contribution in [-0.4, -0.2) is 17.6 Å². The highest BCUT2D eigenvalue weighted by atomic mass is 16.5. The number of rotatable bonds is 4. The number of nitrogens with zero attached hydrogens (tertiary/aromatic N) is 1. The van der Waals surface area contributed by atoms with Crippen molar-refractivity contribution < 1.29 is 14.3 Å². The molecule has 1 atom stereocenters. The van der Waals surface area contributed by atoms with Gasteiger partial charge in [-0.15, -0.1) is 0 Å². The van der Waals surface area contributed by atoms with Crippen molar-refractivity contribution in [2.24, 2.45) is 5.73 Å². The van der Waals surface area contributed by atoms with Gasteiger partial charge in [0.2, 0.25) is 5.88 Å². The summed E-state index contributed by atoms with van der Waals surface area (Å²) in [7, 11) is 0. The number of para-hydroxylation sites is 1. The molecule has 0 aliphatic carbocycles. The SMILES string of the molecule is CCOC(=O)C1=C(N)Oc2ccc(C)cc2C1Cc1ccc2ccccc2n1. The van der Waals surface area contributed by atoms with Crippen molar-refractivity contribution in [3.05, 3.63) is 82.9 Å². The molecule has 0 spiro atoms. The van der Waals surface area contributed by atoms with E-state index in [9.17, 15) is 4.79 Å². The van der Waals surface area contributed by atoms with Crippen LogP contribution >= 0.6 is 0 Å². The van der Waals surface area contributed by atoms with E-state index in [4.69, 9.17) is 20.2 Å². The van der Waals surface area contributed by atoms with Crippen molar-refractivity contribution in [3.63, 3.8) is 0 Å². The molecule has 0 saturated heterocycles. The number of hydrogen-bond donors (Lipinski definition) is 1. The number of pyridine rings is 1. The van der Waals surface area contributed by atoms with Gasteiger partial charge in [-0.05, 0) is 32.0 Å². The molecule has 1 unspecified atom stereocenters. The van der Waals surface area contributed by atoms with E-state index in [-0.39, 0.29) is 18.4 Å². The molecule has 28 heavy (non-hydrogen) atoms. The first kappa shape index (κ1) is 18.0. The Bertz CT molecular complexity index is 1090. The van der Waals surface area contributed by atoms with Crippen LogP contribution < -0.4 is 10.5 Å². The van der Waals surface area contributed by atoms with Crippen molar-refractivity contribution >= 4 is 16.9 Å². The van der Waals surface area contributed by atoms with Crippen LogP contribution in [-0.2, 0) is 16.0 Å². The van der Waals surface area contributed by atoms with Gasteiger partial charge in [-0.3, -0.25) is 4.98 Å². The minimum atomic E-state index is -0.446. The summed E-state index contributed by atoms with van der Waals surface area (Å²) in [4.78, 5) is 17.4. The van der Waals surface area contributed by atoms with Gasteiger partial charge in [0, 0.05) is 29.0 Å². The number of carbonyl (C=O) groups is 1. The Kier molecular flexibility index (Phi) is 4.74. The van der Waals surface area contributed by atoms with Crippen molar-refractivity contribution in [2.45, 2.75) is 26.2 Å². The minimum Gasteiger partial charge on any atom is -0.462 e. The highest BCUT2D eigenvalue weighted by Crippen LogP contribution is 2.41. The van der Waals surface area contributed by atoms with Crippen LogP contribution in [0.25, 0.3) is 10.9 Å². The van der Waals surface area contributed by atoms with Crippen molar-refractivity contribution in [2.75, 3.05) is 6.61 Å². The van der Waals surface area contributed by atoms with Gasteiger partial charge in [-0.2, -0.15) is 0 Å². The first-order valence-corrected chi connectivity index (χ1v) is 9.36. The number of hydrogen-bond acceptors (Lipinski definition) is 5. The van der Waals surface area contributed by atoms with Gasteiger partial charge in [0.25, 0.3) is 0 Å². The fraction of sp³-hybridized carbons (Fsp3) is 0.217. The molecule has 1 aliphatic heterocycles. The molecule has 0 bridgehead atoms. The molecule has 0 fully saturated rings. The van der Waals surface area contributed by atoms with E-state index in [0.29, 0.717) is 17.7 Å². The molecular weight excluding hydrogens is 352 g/mol. The molecule has 2 heterocycles. The molecule has 142 valence electrons. The molecule has 1 aromatic heterocycles. The molecule has 2 aromatic carbocycles. The second-order valence-corrected chi connectivity index (χ2v) is 6.89. The highest BCUT2D eigenvalue weighted by Gasteiger charge is 2.34. The number of aryl methyl sites for hydroxylation is 1. The summed E-state index contributed by atoms with van der Waals surface area (Å²) in [5.74, 6) is 0.0387. The predicted octanol–water partition coefficient (Wildman–Crippen LogP) is 4.00. The second-order valence-electron chi connectivity index (χ2n) is 6.89. The first-order valence-electron chi connectivity index (χ1n) is 9.36. The normalized spacial score (nSPS) is 15.9. The summed E-state index contributed by atoms with van der Waals surface area (Å²) in [5, 5.41) is 1.08. The zero-order valence-electron chi connectivity index (χ0n) is 15.9. The van der Waals surface area contributed by atoms with Crippen LogP contribution in [0.1, 0.15) is 29.7 Å². The number of esters is 1. The van der Waals surface area contributed by atoms with E-state index >= 15 is 0 Å². The van der Waals surface area contributed by atoms with Gasteiger partial charge >= 0.3 is 5.97 Å². The van der Waals surface area contributed by atoms with Gasteiger partial charge in [-0.25, -0.2) is 4.79 Å². The van der Waals surface area contributed by atoms with Crippen molar-refractivity contribution in [1.29, 1.82) is 0 Å². The molecule has 5 nitrogen and oxygen atoms in total. The average Bonchev–Trinajstić information content (AvgIpc) is 2.68. The van der Waals surface area contributed by atoms with Crippen LogP contribution in [0.5, 0.6) is 5.75 Å². The number of carbonyl (C=O) groups excluding carboxylic acids is 1. The van der Waals surface area contributed by atoms with Crippen LogP contribution in [0, 0.1) is 6.92 Å². The molecule has 2 N–H and O–H groups in total. The van der Waals surface area contributed by atoms with Crippen LogP contribution in [0.3, 0.4) is 0 Å². The first-order chi connectivity index (χ1) is 13.6. The fourth-order valence-electron chi connectivity index (χ4n) is 3.63. The molecule has 5 heteroatoms. The third kappa shape index (κ3) is 3.31. The number of benzene rings is 2. The monoisotopic (exact) mass is 374 g/mol. The number of ether oxygens (including phenoxy) is 2. The van der Waals surface area contributed by atoms with Gasteiger partial charge in [0.1, 0.15) is 11.3 Å². The Morgan fingerprint density at radius 2 is 2.00 bits per heavy atom. The fourth-order valence-corrected chi connectivity index (χ4v) is 3.63. The van der Waals surface area contributed by atoms with Gasteiger partial charge in [0.15, 0.2) is 0 Å². The number of fused-ring (bicyclic) bond motifs is 2. The maximum atomic E-state index is 12.7. The molecule has 3 aromatic rings. The Hall–Kier alpha value is -3.34. The third-order valence-electron chi connectivity index (χ3n) is 4.94. The molecule has 4 rings (SSSR count). The topological polar surface area (TPSA) is 74.4 Å². The quantitative estimate of drug-likeness (QED) is 0.699. The van der Waals surface area contributed by atoms with Crippen LogP contribution in [0.4, 0.5) is 0 Å². The zero-order chi connectivity index (χ0) is 19.7. The Labute approximate surface area is 163 Å². The summed E-state index contributed by atoms with van der Waals surface area (Å²) in [6.45, 7) is 4.06. The summed E-state index contributed by atoms with van der Waals surface area (Å²) < 4.78 is 11.0. The Balaban J connectivity index is 1.79. The summed E-state index contributed by atoms with van der Waals surface area (Å²) in [6, 6.07) is 17.9. The number of aromatic nitrogens is 1. The summed E-state index contributed by atoms with van der Waals surface area (Å²) >= 11 is 0. The average molecular weight is 374 g/mol. The Morgan fingerprint density at radius 3 is 2.82 bits per heavy atom. The molecule has 0 radical (unpaired) electrons. The predicted molar refractivity (Wildman–Crippen MR) is 108 cm³/mol. The maximum Gasteiger partial charge on any atom is 0.340 e. The van der Waals surface area contributed by atoms with Gasteiger partial charge in [-0.1, -0.05) is 42.0 Å². The van der Waals surface area contributed by atoms with E-state index in [1.54, 1.807) is 6.92 Å². The molecule has 1 aliphatic rings. The van der Waals surface area contributed by atoms with Crippen molar-refractivity contribution in [1.82, 2.24) is 4.98 Å². The van der Waals surface area contributed by atoms with E-state index in [2.05, 4.69) is 0 Å². The summed E-state index contributed by atoms with van der Waals surface area (Å²) in [5.41, 5.74) is 10.3. The smallest absolute Gasteiger partial charge is 0.340 e. The van der Waals surface area contributed by atoms with E-state index in [0.717, 1.165) is 27.7 Å². The van der Waals surface area contributed by atoms with E-state index in [1.807, 2.05) is 61.5 Å². The third-order valence-corrected chi connectivity index (χ3v) is 4.94. The largest absolute Gasteiger partial charge is 0.462 e. The number of nitrogens with two attached hydrogens (primary N) is 1. The zero-order valence-corrected chi connectivity index (χ0v) is 15.9. The minimum absolute atomic E-state index is 0.0978. The van der Waals surface area contributed by atoms with Crippen LogP contribution in [0.2, 0.25) is 0 Å². The van der Waals surface area contributed by atoms with E-state index in [1.165, 1.54) is 0 Å². The lowest BCUT2D eigenvalue weighted by Gasteiger charge is -2.28. The lowest BCUT2D eigenvalue weighted by Crippen LogP contribution is -2.28. The maximum absolute atomic E-state index is 12.7. The Morgan fingerprint density at radius 1 is 1.18 bits per heavy atom. The standard InChI is InChI=1S/C23H22N2O3/c1-3-27-23(26)21-18(17-12-14(2)8-11-20(17)28-22(21)24)13-16-10-9-15-6-4-5-7-19(15)25-16/h4-12,18H,3,13,24H2,1-2H3.